The van der Waals surface area contributed by atoms with E-state index in [4.69, 9.17) is 9.47 Å². The van der Waals surface area contributed by atoms with Gasteiger partial charge in [0.25, 0.3) is 0 Å². The molecule has 0 radical (unpaired) electrons. The molecule has 3 nitrogen and oxygen atoms in total. The first-order valence-electron chi connectivity index (χ1n) is 5.25. The standard InChI is InChI=1S/C10H20NO2/c1-3-11(4-6-12-7-5-11)8-10(2)9-13-10/h3-9H2,1-2H3/q+1. The highest BCUT2D eigenvalue weighted by molar-refractivity contribution is 4.87. The Kier molecular flexibility index (Phi) is 2.34. The molecular formula is C10H20NO2+. The molecule has 2 aliphatic rings. The fourth-order valence-electron chi connectivity index (χ4n) is 2.24. The second-order valence-corrected chi connectivity index (χ2v) is 4.61. The second-order valence-electron chi connectivity index (χ2n) is 4.61. The van der Waals surface area contributed by atoms with E-state index in [0.29, 0.717) is 0 Å². The van der Waals surface area contributed by atoms with E-state index in [0.717, 1.165) is 32.9 Å². The van der Waals surface area contributed by atoms with Crippen LogP contribution in [0.3, 0.4) is 0 Å². The highest BCUT2D eigenvalue weighted by Gasteiger charge is 2.47. The van der Waals surface area contributed by atoms with Gasteiger partial charge in [-0.3, -0.25) is 0 Å². The summed E-state index contributed by atoms with van der Waals surface area (Å²) < 4.78 is 12.1. The van der Waals surface area contributed by atoms with Crippen molar-refractivity contribution in [3.63, 3.8) is 0 Å². The number of hydrogen-bond acceptors (Lipinski definition) is 2. The zero-order valence-electron chi connectivity index (χ0n) is 8.71. The average Bonchev–Trinajstić information content (AvgIpc) is 2.85. The monoisotopic (exact) mass is 186 g/mol. The lowest BCUT2D eigenvalue weighted by Crippen LogP contribution is -2.58. The summed E-state index contributed by atoms with van der Waals surface area (Å²) in [5.41, 5.74) is 0.188. The third kappa shape index (κ3) is 2.03. The van der Waals surface area contributed by atoms with E-state index in [-0.39, 0.29) is 5.60 Å². The van der Waals surface area contributed by atoms with E-state index in [9.17, 15) is 0 Å². The maximum absolute atomic E-state index is 5.47. The van der Waals surface area contributed by atoms with Gasteiger partial charge in [0.15, 0.2) is 0 Å². The van der Waals surface area contributed by atoms with Crippen LogP contribution in [0.5, 0.6) is 0 Å². The van der Waals surface area contributed by atoms with Crippen LogP contribution in [0, 0.1) is 0 Å². The van der Waals surface area contributed by atoms with Gasteiger partial charge in [-0.15, -0.1) is 0 Å². The van der Waals surface area contributed by atoms with E-state index in [1.54, 1.807) is 0 Å². The molecule has 2 heterocycles. The molecule has 0 bridgehead atoms. The Morgan fingerprint density at radius 1 is 1.31 bits per heavy atom. The van der Waals surface area contributed by atoms with E-state index in [1.165, 1.54) is 17.6 Å². The van der Waals surface area contributed by atoms with Crippen molar-refractivity contribution in [3.8, 4) is 0 Å². The minimum absolute atomic E-state index is 0.188. The molecule has 0 N–H and O–H groups in total. The first-order valence-corrected chi connectivity index (χ1v) is 5.25. The topological polar surface area (TPSA) is 21.8 Å². The van der Waals surface area contributed by atoms with Crippen LogP contribution in [0.25, 0.3) is 0 Å². The smallest absolute Gasteiger partial charge is 0.137 e. The van der Waals surface area contributed by atoms with Gasteiger partial charge in [0.2, 0.25) is 0 Å². The molecule has 0 aromatic carbocycles. The summed E-state index contributed by atoms with van der Waals surface area (Å²) in [7, 11) is 0. The maximum Gasteiger partial charge on any atom is 0.137 e. The lowest BCUT2D eigenvalue weighted by atomic mass is 10.1. The molecule has 2 saturated heterocycles. The Morgan fingerprint density at radius 2 is 1.92 bits per heavy atom. The molecule has 0 aliphatic carbocycles. The number of rotatable bonds is 3. The van der Waals surface area contributed by atoms with Crippen LogP contribution in [-0.4, -0.2) is 56.1 Å². The van der Waals surface area contributed by atoms with Crippen molar-refractivity contribution < 1.29 is 14.0 Å². The fourth-order valence-corrected chi connectivity index (χ4v) is 2.24. The molecule has 0 saturated carbocycles. The average molecular weight is 186 g/mol. The van der Waals surface area contributed by atoms with E-state index < -0.39 is 0 Å². The van der Waals surface area contributed by atoms with Crippen LogP contribution in [0.2, 0.25) is 0 Å². The summed E-state index contributed by atoms with van der Waals surface area (Å²) in [6, 6.07) is 0. The first kappa shape index (κ1) is 9.44. The number of likely N-dealkylation sites (N-methyl/N-ethyl adjacent to an activating group) is 1. The fraction of sp³-hybridized carbons (Fsp3) is 1.00. The van der Waals surface area contributed by atoms with Gasteiger partial charge in [0.05, 0.1) is 26.4 Å². The van der Waals surface area contributed by atoms with Crippen molar-refractivity contribution in [2.75, 3.05) is 46.0 Å². The van der Waals surface area contributed by atoms with Gasteiger partial charge in [-0.25, -0.2) is 0 Å². The number of epoxide rings is 1. The van der Waals surface area contributed by atoms with Crippen molar-refractivity contribution in [3.05, 3.63) is 0 Å². The number of quaternary nitrogens is 1. The quantitative estimate of drug-likeness (QED) is 0.476. The van der Waals surface area contributed by atoms with Crippen molar-refractivity contribution >= 4 is 0 Å². The number of nitrogens with zero attached hydrogens (tertiary/aromatic N) is 1. The molecule has 0 aromatic heterocycles. The second kappa shape index (κ2) is 3.23. The molecule has 2 rings (SSSR count). The van der Waals surface area contributed by atoms with E-state index >= 15 is 0 Å². The molecule has 76 valence electrons. The van der Waals surface area contributed by atoms with Crippen LogP contribution >= 0.6 is 0 Å². The molecule has 13 heavy (non-hydrogen) atoms. The van der Waals surface area contributed by atoms with E-state index in [2.05, 4.69) is 13.8 Å². The minimum atomic E-state index is 0.188. The van der Waals surface area contributed by atoms with Gasteiger partial charge in [-0.2, -0.15) is 0 Å². The van der Waals surface area contributed by atoms with Crippen LogP contribution in [0.15, 0.2) is 0 Å². The Bertz CT molecular complexity index is 183. The highest BCUT2D eigenvalue weighted by Crippen LogP contribution is 2.30. The molecule has 1 unspecified atom stereocenters. The first-order chi connectivity index (χ1) is 6.18. The normalized spacial score (nSPS) is 37.4. The summed E-state index contributed by atoms with van der Waals surface area (Å²) in [6.45, 7) is 12.0. The van der Waals surface area contributed by atoms with Crippen molar-refractivity contribution in [2.24, 2.45) is 0 Å². The Balaban J connectivity index is 1.96. The predicted octanol–water partition coefficient (Wildman–Crippen LogP) is 0.642. The largest absolute Gasteiger partial charge is 0.370 e. The summed E-state index contributed by atoms with van der Waals surface area (Å²) in [6.07, 6.45) is 0. The number of ether oxygens (including phenoxy) is 2. The molecule has 3 heteroatoms. The highest BCUT2D eigenvalue weighted by atomic mass is 16.6. The minimum Gasteiger partial charge on any atom is -0.370 e. The van der Waals surface area contributed by atoms with Gasteiger partial charge >= 0.3 is 0 Å². The SMILES string of the molecule is CC[N+]1(CC2(C)CO2)CCOCC1. The Labute approximate surface area is 80.2 Å². The summed E-state index contributed by atoms with van der Waals surface area (Å²) in [4.78, 5) is 0. The van der Waals surface area contributed by atoms with Crippen molar-refractivity contribution in [2.45, 2.75) is 19.4 Å². The Morgan fingerprint density at radius 3 is 2.38 bits per heavy atom. The molecule has 0 aromatic rings. The summed E-state index contributed by atoms with van der Waals surface area (Å²) >= 11 is 0. The van der Waals surface area contributed by atoms with Gasteiger partial charge in [0, 0.05) is 0 Å². The Hall–Kier alpha value is -0.120. The van der Waals surface area contributed by atoms with Crippen LogP contribution in [0.1, 0.15) is 13.8 Å². The third-order valence-electron chi connectivity index (χ3n) is 3.40. The molecular weight excluding hydrogens is 166 g/mol. The number of hydrogen-bond donors (Lipinski definition) is 0. The van der Waals surface area contributed by atoms with Gasteiger partial charge in [0.1, 0.15) is 25.2 Å². The zero-order chi connectivity index (χ0) is 9.36. The summed E-state index contributed by atoms with van der Waals surface area (Å²) in [5, 5.41) is 0. The van der Waals surface area contributed by atoms with Gasteiger partial charge in [-0.1, -0.05) is 0 Å². The van der Waals surface area contributed by atoms with Crippen molar-refractivity contribution in [1.29, 1.82) is 0 Å². The molecule has 2 aliphatic heterocycles. The molecule has 2 fully saturated rings. The van der Waals surface area contributed by atoms with Crippen LogP contribution < -0.4 is 0 Å². The van der Waals surface area contributed by atoms with Gasteiger partial charge in [-0.05, 0) is 13.8 Å². The molecule has 1 atom stereocenters. The predicted molar refractivity (Wildman–Crippen MR) is 50.6 cm³/mol. The molecule has 0 spiro atoms. The zero-order valence-corrected chi connectivity index (χ0v) is 8.71. The lowest BCUT2D eigenvalue weighted by molar-refractivity contribution is -0.936. The number of morpholine rings is 1. The van der Waals surface area contributed by atoms with Gasteiger partial charge < -0.3 is 14.0 Å². The maximum atomic E-state index is 5.47. The third-order valence-corrected chi connectivity index (χ3v) is 3.40. The lowest BCUT2D eigenvalue weighted by Gasteiger charge is -2.41. The summed E-state index contributed by atoms with van der Waals surface area (Å²) in [5.74, 6) is 0. The van der Waals surface area contributed by atoms with Crippen LogP contribution in [0.4, 0.5) is 0 Å². The molecule has 0 amide bonds. The van der Waals surface area contributed by atoms with Crippen LogP contribution in [-0.2, 0) is 9.47 Å². The van der Waals surface area contributed by atoms with Crippen molar-refractivity contribution in [1.82, 2.24) is 0 Å². The van der Waals surface area contributed by atoms with E-state index in [1.807, 2.05) is 0 Å².